The monoisotopic (exact) mass is 199 g/mol. The molecule has 14 heavy (non-hydrogen) atoms. The number of hydrogen-bond acceptors (Lipinski definition) is 1. The molecule has 1 heterocycles. The van der Waals surface area contributed by atoms with E-state index in [1.807, 2.05) is 0 Å². The van der Waals surface area contributed by atoms with Crippen LogP contribution in [-0.2, 0) is 0 Å². The average molecular weight is 199 g/mol. The summed E-state index contributed by atoms with van der Waals surface area (Å²) < 4.78 is 12.9. The van der Waals surface area contributed by atoms with Crippen LogP contribution in [0.2, 0.25) is 0 Å². The lowest BCUT2D eigenvalue weighted by Crippen LogP contribution is -2.37. The normalized spacial score (nSPS) is 39.0. The quantitative estimate of drug-likeness (QED) is 0.675. The Morgan fingerprint density at radius 3 is 2.57 bits per heavy atom. The third kappa shape index (κ3) is 2.28. The van der Waals surface area contributed by atoms with E-state index in [2.05, 4.69) is 18.7 Å². The Balaban J connectivity index is 1.64. The summed E-state index contributed by atoms with van der Waals surface area (Å²) in [5.41, 5.74) is 0. The van der Waals surface area contributed by atoms with Crippen LogP contribution in [0.4, 0.5) is 4.39 Å². The van der Waals surface area contributed by atoms with Crippen molar-refractivity contribution in [3.8, 4) is 0 Å². The maximum atomic E-state index is 12.9. The van der Waals surface area contributed by atoms with Crippen LogP contribution in [0.1, 0.15) is 33.1 Å². The minimum Gasteiger partial charge on any atom is -0.300 e. The fraction of sp³-hybridized carbons (Fsp3) is 1.00. The molecule has 0 N–H and O–H groups in total. The molecule has 0 aromatic carbocycles. The van der Waals surface area contributed by atoms with Gasteiger partial charge >= 0.3 is 0 Å². The van der Waals surface area contributed by atoms with Crippen LogP contribution in [0, 0.1) is 17.8 Å². The van der Waals surface area contributed by atoms with Crippen molar-refractivity contribution >= 4 is 0 Å². The lowest BCUT2D eigenvalue weighted by atomic mass is 9.69. The number of nitrogens with zero attached hydrogens (tertiary/aromatic N) is 1. The van der Waals surface area contributed by atoms with E-state index in [-0.39, 0.29) is 0 Å². The molecule has 2 fully saturated rings. The fourth-order valence-corrected chi connectivity index (χ4v) is 2.80. The number of likely N-dealkylation sites (tertiary alicyclic amines) is 1. The van der Waals surface area contributed by atoms with Crippen LogP contribution >= 0.6 is 0 Å². The predicted octanol–water partition coefficient (Wildman–Crippen LogP) is 2.71. The third-order valence-corrected chi connectivity index (χ3v) is 3.95. The second-order valence-corrected chi connectivity index (χ2v) is 5.49. The van der Waals surface area contributed by atoms with Gasteiger partial charge in [-0.15, -0.1) is 0 Å². The van der Waals surface area contributed by atoms with Crippen LogP contribution < -0.4 is 0 Å². The Bertz CT molecular complexity index is 187. The Labute approximate surface area is 86.7 Å². The zero-order valence-corrected chi connectivity index (χ0v) is 9.38. The molecule has 1 nitrogen and oxygen atoms in total. The Hall–Kier alpha value is -0.110. The first-order valence-corrected chi connectivity index (χ1v) is 6.01. The molecule has 1 aliphatic heterocycles. The Morgan fingerprint density at radius 2 is 2.07 bits per heavy atom. The highest BCUT2D eigenvalue weighted by atomic mass is 19.1. The molecular formula is C12H22FN. The second-order valence-electron chi connectivity index (χ2n) is 5.49. The summed E-state index contributed by atoms with van der Waals surface area (Å²) in [5.74, 6) is 2.66. The van der Waals surface area contributed by atoms with Crippen molar-refractivity contribution in [2.24, 2.45) is 17.8 Å². The van der Waals surface area contributed by atoms with Gasteiger partial charge in [0.25, 0.3) is 0 Å². The van der Waals surface area contributed by atoms with Crippen molar-refractivity contribution in [2.75, 3.05) is 19.6 Å². The van der Waals surface area contributed by atoms with Crippen molar-refractivity contribution in [3.63, 3.8) is 0 Å². The molecule has 0 radical (unpaired) electrons. The molecular weight excluding hydrogens is 177 g/mol. The van der Waals surface area contributed by atoms with E-state index in [4.69, 9.17) is 0 Å². The maximum absolute atomic E-state index is 12.9. The number of rotatable bonds is 3. The highest BCUT2D eigenvalue weighted by Gasteiger charge is 2.33. The van der Waals surface area contributed by atoms with Gasteiger partial charge in [-0.3, -0.25) is 0 Å². The number of hydrogen-bond donors (Lipinski definition) is 0. The zero-order chi connectivity index (χ0) is 10.1. The molecule has 1 saturated carbocycles. The van der Waals surface area contributed by atoms with Crippen molar-refractivity contribution in [1.82, 2.24) is 4.90 Å². The largest absolute Gasteiger partial charge is 0.300 e. The van der Waals surface area contributed by atoms with E-state index < -0.39 is 6.17 Å². The summed E-state index contributed by atoms with van der Waals surface area (Å²) in [6.45, 7) is 7.47. The number of halogens is 1. The van der Waals surface area contributed by atoms with E-state index in [9.17, 15) is 4.39 Å². The topological polar surface area (TPSA) is 3.24 Å². The molecule has 2 heteroatoms. The molecule has 0 aromatic rings. The summed E-state index contributed by atoms with van der Waals surface area (Å²) in [7, 11) is 0. The SMILES string of the molecule is CC(C)[C@H]1C[C@H](CN2CC[C@H](F)C2)C1. The van der Waals surface area contributed by atoms with Gasteiger partial charge in [-0.05, 0) is 37.0 Å². The van der Waals surface area contributed by atoms with Gasteiger partial charge in [0.15, 0.2) is 0 Å². The van der Waals surface area contributed by atoms with E-state index in [1.165, 1.54) is 12.8 Å². The van der Waals surface area contributed by atoms with Crippen LogP contribution in [0.5, 0.6) is 0 Å². The molecule has 0 aromatic heterocycles. The van der Waals surface area contributed by atoms with Crippen molar-refractivity contribution in [1.29, 1.82) is 0 Å². The molecule has 0 amide bonds. The van der Waals surface area contributed by atoms with Gasteiger partial charge in [0, 0.05) is 19.6 Å². The van der Waals surface area contributed by atoms with Crippen LogP contribution in [0.3, 0.4) is 0 Å². The molecule has 0 spiro atoms. The standard InChI is InChI=1S/C12H22FN/c1-9(2)11-5-10(6-11)7-14-4-3-12(13)8-14/h9-12H,3-8H2,1-2H3/t10-,11-,12-/m0/s1. The first-order valence-electron chi connectivity index (χ1n) is 6.01. The maximum Gasteiger partial charge on any atom is 0.114 e. The van der Waals surface area contributed by atoms with Crippen molar-refractivity contribution in [2.45, 2.75) is 39.3 Å². The van der Waals surface area contributed by atoms with Crippen molar-refractivity contribution < 1.29 is 4.39 Å². The molecule has 2 rings (SSSR count). The molecule has 82 valence electrons. The minimum absolute atomic E-state index is 0.545. The fourth-order valence-electron chi connectivity index (χ4n) is 2.80. The van der Waals surface area contributed by atoms with E-state index in [1.54, 1.807) is 0 Å². The predicted molar refractivity (Wildman–Crippen MR) is 57.0 cm³/mol. The van der Waals surface area contributed by atoms with Gasteiger partial charge in [-0.1, -0.05) is 13.8 Å². The van der Waals surface area contributed by atoms with Gasteiger partial charge in [0.05, 0.1) is 0 Å². The van der Waals surface area contributed by atoms with Gasteiger partial charge in [-0.25, -0.2) is 4.39 Å². The van der Waals surface area contributed by atoms with Crippen LogP contribution in [-0.4, -0.2) is 30.7 Å². The minimum atomic E-state index is -0.545. The highest BCUT2D eigenvalue weighted by molar-refractivity contribution is 4.85. The summed E-state index contributed by atoms with van der Waals surface area (Å²) in [6, 6.07) is 0. The lowest BCUT2D eigenvalue weighted by molar-refractivity contribution is 0.102. The van der Waals surface area contributed by atoms with E-state index >= 15 is 0 Å². The van der Waals surface area contributed by atoms with E-state index in [0.29, 0.717) is 6.54 Å². The molecule has 0 unspecified atom stereocenters. The Morgan fingerprint density at radius 1 is 1.36 bits per heavy atom. The van der Waals surface area contributed by atoms with Gasteiger partial charge in [0.1, 0.15) is 6.17 Å². The molecule has 1 atom stereocenters. The third-order valence-electron chi connectivity index (χ3n) is 3.95. The van der Waals surface area contributed by atoms with Crippen LogP contribution in [0.15, 0.2) is 0 Å². The second kappa shape index (κ2) is 4.18. The lowest BCUT2D eigenvalue weighted by Gasteiger charge is -2.40. The molecule has 1 saturated heterocycles. The van der Waals surface area contributed by atoms with E-state index in [0.717, 1.165) is 37.3 Å². The summed E-state index contributed by atoms with van der Waals surface area (Å²) in [6.07, 6.45) is 2.98. The summed E-state index contributed by atoms with van der Waals surface area (Å²) in [4.78, 5) is 2.31. The van der Waals surface area contributed by atoms with Gasteiger partial charge < -0.3 is 4.90 Å². The molecule has 1 aliphatic carbocycles. The average Bonchev–Trinajstić information content (AvgIpc) is 2.42. The van der Waals surface area contributed by atoms with Gasteiger partial charge in [0.2, 0.25) is 0 Å². The smallest absolute Gasteiger partial charge is 0.114 e. The summed E-state index contributed by atoms with van der Waals surface area (Å²) in [5, 5.41) is 0. The van der Waals surface area contributed by atoms with Gasteiger partial charge in [-0.2, -0.15) is 0 Å². The van der Waals surface area contributed by atoms with Crippen LogP contribution in [0.25, 0.3) is 0 Å². The Kier molecular flexibility index (Phi) is 3.10. The summed E-state index contributed by atoms with van der Waals surface area (Å²) >= 11 is 0. The highest BCUT2D eigenvalue weighted by Crippen LogP contribution is 2.39. The molecule has 2 aliphatic rings. The van der Waals surface area contributed by atoms with Crippen molar-refractivity contribution in [3.05, 3.63) is 0 Å². The first kappa shape index (κ1) is 10.4. The molecule has 0 bridgehead atoms. The zero-order valence-electron chi connectivity index (χ0n) is 9.38. The first-order chi connectivity index (χ1) is 6.65. The number of alkyl halides is 1.